The van der Waals surface area contributed by atoms with E-state index in [1.165, 1.54) is 5.69 Å². The molecule has 226 valence electrons. The Morgan fingerprint density at radius 3 is 2.33 bits per heavy atom. The van der Waals surface area contributed by atoms with Gasteiger partial charge in [-0.1, -0.05) is 63.2 Å². The molecule has 0 radical (unpaired) electrons. The number of nitrogens with zero attached hydrogens (tertiary/aromatic N) is 4. The zero-order valence-electron chi connectivity index (χ0n) is 25.8. The molecule has 5 rings (SSSR count). The minimum Gasteiger partial charge on any atom is -0.478 e. The molecule has 0 saturated carbocycles. The van der Waals surface area contributed by atoms with Gasteiger partial charge < -0.3 is 24.5 Å². The minimum atomic E-state index is -0.921. The quantitative estimate of drug-likeness (QED) is 0.180. The molecular weight excluding hydrogens is 540 g/mol. The highest BCUT2D eigenvalue weighted by molar-refractivity contribution is 5.96. The van der Waals surface area contributed by atoms with E-state index in [0.717, 1.165) is 88.4 Å². The van der Waals surface area contributed by atoms with Crippen LogP contribution in [-0.4, -0.2) is 49.4 Å². The first kappa shape index (κ1) is 31.7. The number of carboxylic acids is 1. The number of benzene rings is 3. The summed E-state index contributed by atoms with van der Waals surface area (Å²) in [5.74, 6) is 1.13. The zero-order chi connectivity index (χ0) is 29.8. The predicted octanol–water partition coefficient (Wildman–Crippen LogP) is 6.52. The molecule has 0 fully saturated rings. The maximum Gasteiger partial charge on any atom is 0.336 e. The van der Waals surface area contributed by atoms with E-state index in [9.17, 15) is 9.90 Å². The predicted molar refractivity (Wildman–Crippen MR) is 172 cm³/mol. The Hall–Kier alpha value is -4.27. The van der Waals surface area contributed by atoms with Gasteiger partial charge in [0.05, 0.1) is 28.9 Å². The number of rotatable bonds is 12. The number of aromatic nitrogens is 4. The Morgan fingerprint density at radius 1 is 0.930 bits per heavy atom. The number of carboxylic acid groups (broad SMARTS) is 1. The summed E-state index contributed by atoms with van der Waals surface area (Å²) in [5.41, 5.74) is 9.82. The maximum absolute atomic E-state index is 11.8. The van der Waals surface area contributed by atoms with Crippen LogP contribution in [0.2, 0.25) is 0 Å². The average Bonchev–Trinajstić information content (AvgIpc) is 3.54. The number of aromatic carboxylic acids is 1. The van der Waals surface area contributed by atoms with Crippen molar-refractivity contribution in [2.75, 3.05) is 13.7 Å². The standard InChI is InChI=1S/C35H40N4O3.H2O/c1-6-11-32-37-33-23(4)20-26(34-36-29(7-2)30(8-3)38(34)18-19-42-5)21-31(33)39(32)22-24-14-16-25(17-15-24)27-12-9-10-13-28(27)35(40)41;/h9-10,12-17,20-21H,6-8,11,18-19,22H2,1-5H3,(H,40,41);1H2. The molecular formula is C35H42N4O4. The van der Waals surface area contributed by atoms with Crippen molar-refractivity contribution in [3.63, 3.8) is 0 Å². The van der Waals surface area contributed by atoms with Crippen molar-refractivity contribution in [2.24, 2.45) is 0 Å². The van der Waals surface area contributed by atoms with E-state index in [0.29, 0.717) is 18.7 Å². The average molecular weight is 583 g/mol. The first-order chi connectivity index (χ1) is 20.4. The number of hydrogen-bond donors (Lipinski definition) is 1. The minimum absolute atomic E-state index is 0. The van der Waals surface area contributed by atoms with Crippen molar-refractivity contribution in [2.45, 2.75) is 66.5 Å². The lowest BCUT2D eigenvalue weighted by Crippen LogP contribution is -2.10. The van der Waals surface area contributed by atoms with Gasteiger partial charge in [0, 0.05) is 37.9 Å². The van der Waals surface area contributed by atoms with Gasteiger partial charge >= 0.3 is 5.97 Å². The summed E-state index contributed by atoms with van der Waals surface area (Å²) < 4.78 is 10.1. The van der Waals surface area contributed by atoms with Crippen molar-refractivity contribution in [1.29, 1.82) is 0 Å². The van der Waals surface area contributed by atoms with Gasteiger partial charge in [-0.05, 0) is 66.6 Å². The van der Waals surface area contributed by atoms with Gasteiger partial charge in [-0.2, -0.15) is 0 Å². The lowest BCUT2D eigenvalue weighted by atomic mass is 9.98. The molecule has 0 bridgehead atoms. The van der Waals surface area contributed by atoms with Crippen LogP contribution >= 0.6 is 0 Å². The molecule has 8 heteroatoms. The molecule has 8 nitrogen and oxygen atoms in total. The summed E-state index contributed by atoms with van der Waals surface area (Å²) in [5, 5.41) is 9.64. The Balaban J connectivity index is 0.00000423. The van der Waals surface area contributed by atoms with Crippen LogP contribution in [0.4, 0.5) is 0 Å². The normalized spacial score (nSPS) is 11.2. The number of aryl methyl sites for hydroxylation is 3. The maximum atomic E-state index is 11.8. The largest absolute Gasteiger partial charge is 0.478 e. The van der Waals surface area contributed by atoms with E-state index in [-0.39, 0.29) is 5.48 Å². The van der Waals surface area contributed by atoms with E-state index >= 15 is 0 Å². The van der Waals surface area contributed by atoms with E-state index in [1.54, 1.807) is 19.2 Å². The molecule has 2 heterocycles. The van der Waals surface area contributed by atoms with E-state index in [1.807, 2.05) is 24.3 Å². The van der Waals surface area contributed by atoms with Crippen molar-refractivity contribution < 1.29 is 20.1 Å². The van der Waals surface area contributed by atoms with Crippen LogP contribution in [-0.2, 0) is 37.1 Å². The van der Waals surface area contributed by atoms with Crippen LogP contribution in [0.1, 0.15) is 65.9 Å². The Bertz CT molecular complexity index is 1720. The molecule has 3 aromatic carbocycles. The number of hydrogen-bond acceptors (Lipinski definition) is 4. The molecule has 0 aliphatic heterocycles. The first-order valence-corrected chi connectivity index (χ1v) is 14.9. The Morgan fingerprint density at radius 2 is 1.67 bits per heavy atom. The molecule has 0 aliphatic carbocycles. The summed E-state index contributed by atoms with van der Waals surface area (Å²) in [7, 11) is 1.74. The summed E-state index contributed by atoms with van der Waals surface area (Å²) >= 11 is 0. The van der Waals surface area contributed by atoms with Gasteiger partial charge in [0.1, 0.15) is 11.6 Å². The van der Waals surface area contributed by atoms with Crippen LogP contribution in [0.15, 0.2) is 60.7 Å². The van der Waals surface area contributed by atoms with Gasteiger partial charge in [0.15, 0.2) is 0 Å². The number of ether oxygens (including phenoxy) is 1. The third-order valence-electron chi connectivity index (χ3n) is 7.96. The molecule has 0 unspecified atom stereocenters. The second-order valence-corrected chi connectivity index (χ2v) is 10.8. The number of methoxy groups -OCH3 is 1. The van der Waals surface area contributed by atoms with Gasteiger partial charge in [0.25, 0.3) is 0 Å². The molecule has 0 atom stereocenters. The highest BCUT2D eigenvalue weighted by atomic mass is 16.5. The second-order valence-electron chi connectivity index (χ2n) is 10.8. The van der Waals surface area contributed by atoms with Crippen molar-refractivity contribution in [3.8, 4) is 22.5 Å². The van der Waals surface area contributed by atoms with Crippen LogP contribution in [0, 0.1) is 6.92 Å². The molecule has 43 heavy (non-hydrogen) atoms. The smallest absolute Gasteiger partial charge is 0.336 e. The van der Waals surface area contributed by atoms with Gasteiger partial charge in [0.2, 0.25) is 0 Å². The van der Waals surface area contributed by atoms with Crippen molar-refractivity contribution >= 4 is 17.0 Å². The number of carbonyl (C=O) groups is 1. The summed E-state index contributed by atoms with van der Waals surface area (Å²) in [6, 6.07) is 19.8. The van der Waals surface area contributed by atoms with E-state index < -0.39 is 5.97 Å². The molecule has 2 aromatic heterocycles. The number of imidazole rings is 2. The number of fused-ring (bicyclic) bond motifs is 1. The van der Waals surface area contributed by atoms with Crippen LogP contribution < -0.4 is 0 Å². The zero-order valence-corrected chi connectivity index (χ0v) is 25.8. The summed E-state index contributed by atoms with van der Waals surface area (Å²) in [4.78, 5) is 22.0. The van der Waals surface area contributed by atoms with E-state index in [4.69, 9.17) is 14.7 Å². The van der Waals surface area contributed by atoms with Crippen LogP contribution in [0.25, 0.3) is 33.5 Å². The molecule has 5 aromatic rings. The third-order valence-corrected chi connectivity index (χ3v) is 7.96. The van der Waals surface area contributed by atoms with Gasteiger partial charge in [-0.25, -0.2) is 14.8 Å². The molecule has 0 amide bonds. The van der Waals surface area contributed by atoms with E-state index in [2.05, 4.69) is 61.1 Å². The lowest BCUT2D eigenvalue weighted by molar-refractivity contribution is 0.0697. The van der Waals surface area contributed by atoms with Crippen LogP contribution in [0.5, 0.6) is 0 Å². The summed E-state index contributed by atoms with van der Waals surface area (Å²) in [6.45, 7) is 10.7. The fraction of sp³-hybridized carbons (Fsp3) is 0.343. The monoisotopic (exact) mass is 582 g/mol. The Labute approximate surface area is 253 Å². The fourth-order valence-electron chi connectivity index (χ4n) is 5.91. The third kappa shape index (κ3) is 6.26. The van der Waals surface area contributed by atoms with Crippen molar-refractivity contribution in [1.82, 2.24) is 19.1 Å². The Kier molecular flexibility index (Phi) is 10.2. The summed E-state index contributed by atoms with van der Waals surface area (Å²) in [6.07, 6.45) is 3.70. The van der Waals surface area contributed by atoms with Gasteiger partial charge in [-0.15, -0.1) is 0 Å². The molecule has 3 N–H and O–H groups in total. The van der Waals surface area contributed by atoms with Gasteiger partial charge in [-0.3, -0.25) is 0 Å². The molecule has 0 spiro atoms. The van der Waals surface area contributed by atoms with Crippen molar-refractivity contribution in [3.05, 3.63) is 94.6 Å². The molecule has 0 saturated heterocycles. The topological polar surface area (TPSA) is 114 Å². The highest BCUT2D eigenvalue weighted by Crippen LogP contribution is 2.31. The first-order valence-electron chi connectivity index (χ1n) is 14.9. The SMILES string of the molecule is CCCc1nc2c(C)cc(-c3nc(CC)c(CC)n3CCOC)cc2n1Cc1ccc(-c2ccccc2C(=O)O)cc1.O. The molecule has 0 aliphatic rings. The van der Waals surface area contributed by atoms with Crippen LogP contribution in [0.3, 0.4) is 0 Å². The lowest BCUT2D eigenvalue weighted by Gasteiger charge is -2.13. The second kappa shape index (κ2) is 13.8. The fourth-order valence-corrected chi connectivity index (χ4v) is 5.91. The highest BCUT2D eigenvalue weighted by Gasteiger charge is 2.20.